The van der Waals surface area contributed by atoms with Crippen LogP contribution in [0.15, 0.2) is 79.3 Å². The topological polar surface area (TPSA) is 299 Å². The molecule has 2 aromatic carbocycles. The number of carbonyl (C=O) groups excluding carboxylic acids is 9. The van der Waals surface area contributed by atoms with Crippen LogP contribution in [0.3, 0.4) is 0 Å². The van der Waals surface area contributed by atoms with Crippen LogP contribution in [0.2, 0.25) is 0 Å². The van der Waals surface area contributed by atoms with Crippen LogP contribution in [0.25, 0.3) is 5.69 Å². The zero-order valence-corrected chi connectivity index (χ0v) is 43.9. The van der Waals surface area contributed by atoms with E-state index in [-0.39, 0.29) is 94.6 Å². The van der Waals surface area contributed by atoms with Gasteiger partial charge in [-0.2, -0.15) is 5.10 Å². The van der Waals surface area contributed by atoms with E-state index < -0.39 is 42.1 Å². The maximum atomic E-state index is 13.6. The summed E-state index contributed by atoms with van der Waals surface area (Å²) in [5, 5.41) is 18.6. The average Bonchev–Trinajstić information content (AvgIpc) is 3.81. The Labute approximate surface area is 444 Å². The third-order valence-electron chi connectivity index (χ3n) is 12.3. The van der Waals surface area contributed by atoms with E-state index >= 15 is 0 Å². The van der Waals surface area contributed by atoms with Crippen molar-refractivity contribution in [2.24, 2.45) is 11.7 Å². The van der Waals surface area contributed by atoms with E-state index in [9.17, 15) is 43.2 Å². The average molecular weight is 1070 g/mol. The number of nitrogens with one attached hydrogen (secondary N) is 5. The number of likely N-dealkylation sites (N-methyl/N-ethyl adjacent to an activating group) is 2. The highest BCUT2D eigenvalue weighted by Gasteiger charge is 2.30. The standard InChI is InChI=1S/C52H66N12O11S/c1-33(2)46(59-42(65)13-6-5-7-23-63-44(67)20-21-45(63)68)48(70)58-40(12-9-22-54-49(53)71)47(69)57-38-18-14-34(15-19-38)31-74-51(72)61(3)24-25-62(4)52(73)75-32-35-10-8-11-39(26-35)64-30-36(28-56-64)27-43(66)60-50-55-29-41(76-50)37-16-17-37/h8,10-11,14-15,18-21,26,28-30,33,37,40,46H,5-7,9,12-13,16-17,22-25,27,31-32H2,1-4H3,(H,57,69)(H,58,70)(H,59,65)(H3,53,54,71)(H,55,60,66)/t40-,46-/m0/s1. The second-order valence-corrected chi connectivity index (χ2v) is 20.0. The van der Waals surface area contributed by atoms with Gasteiger partial charge in [0.05, 0.1) is 18.3 Å². The minimum Gasteiger partial charge on any atom is -0.445 e. The normalized spacial score (nSPS) is 13.7. The number of urea groups is 1. The van der Waals surface area contributed by atoms with Gasteiger partial charge in [-0.05, 0) is 91.3 Å². The first-order valence-corrected chi connectivity index (χ1v) is 25.9. The van der Waals surface area contributed by atoms with Crippen molar-refractivity contribution in [2.75, 3.05) is 50.9 Å². The summed E-state index contributed by atoms with van der Waals surface area (Å²) in [4.78, 5) is 123. The number of nitrogens with zero attached hydrogens (tertiary/aromatic N) is 6. The Bertz CT molecular complexity index is 2720. The van der Waals surface area contributed by atoms with Gasteiger partial charge < -0.3 is 51.6 Å². The number of imide groups is 1. The molecule has 0 unspecified atom stereocenters. The third kappa shape index (κ3) is 18.1. The summed E-state index contributed by atoms with van der Waals surface area (Å²) in [5.41, 5.74) is 8.36. The number of hydrogen-bond donors (Lipinski definition) is 6. The summed E-state index contributed by atoms with van der Waals surface area (Å²) in [6, 6.07) is 11.1. The molecule has 4 aromatic rings. The van der Waals surface area contributed by atoms with Gasteiger partial charge in [0.25, 0.3) is 11.8 Å². The van der Waals surface area contributed by atoms with Gasteiger partial charge in [0.15, 0.2) is 5.13 Å². The van der Waals surface area contributed by atoms with Crippen LogP contribution in [-0.4, -0.2) is 135 Å². The van der Waals surface area contributed by atoms with E-state index in [2.05, 4.69) is 36.7 Å². The van der Waals surface area contributed by atoms with Gasteiger partial charge in [0.2, 0.25) is 23.6 Å². The van der Waals surface area contributed by atoms with Gasteiger partial charge in [-0.15, -0.1) is 11.3 Å². The first-order chi connectivity index (χ1) is 36.4. The largest absolute Gasteiger partial charge is 0.445 e. The molecule has 406 valence electrons. The summed E-state index contributed by atoms with van der Waals surface area (Å²) < 4.78 is 12.7. The number of hydrogen-bond acceptors (Lipinski definition) is 14. The lowest BCUT2D eigenvalue weighted by molar-refractivity contribution is -0.137. The molecule has 24 heteroatoms. The Morgan fingerprint density at radius 1 is 0.789 bits per heavy atom. The number of benzene rings is 2. The second kappa shape index (κ2) is 27.9. The monoisotopic (exact) mass is 1070 g/mol. The summed E-state index contributed by atoms with van der Waals surface area (Å²) in [6.45, 7) is 4.10. The van der Waals surface area contributed by atoms with Crippen LogP contribution in [0.4, 0.5) is 25.2 Å². The van der Waals surface area contributed by atoms with Crippen molar-refractivity contribution in [3.05, 3.63) is 101 Å². The van der Waals surface area contributed by atoms with Crippen molar-refractivity contribution in [2.45, 2.75) is 103 Å². The quantitative estimate of drug-likeness (QED) is 0.0332. The van der Waals surface area contributed by atoms with Crippen molar-refractivity contribution in [3.8, 4) is 5.69 Å². The third-order valence-corrected chi connectivity index (χ3v) is 13.4. The van der Waals surface area contributed by atoms with E-state index in [1.807, 2.05) is 30.5 Å². The summed E-state index contributed by atoms with van der Waals surface area (Å²) in [5.74, 6) is -2.17. The lowest BCUT2D eigenvalue weighted by atomic mass is 10.0. The number of unbranched alkanes of at least 4 members (excludes halogenated alkanes) is 2. The Hall–Kier alpha value is -8.15. The van der Waals surface area contributed by atoms with Crippen molar-refractivity contribution in [1.29, 1.82) is 0 Å². The predicted octanol–water partition coefficient (Wildman–Crippen LogP) is 4.72. The molecule has 76 heavy (non-hydrogen) atoms. The molecule has 3 heterocycles. The molecular weight excluding hydrogens is 1000 g/mol. The number of primary amides is 1. The molecule has 23 nitrogen and oxygen atoms in total. The maximum absolute atomic E-state index is 13.6. The zero-order chi connectivity index (χ0) is 54.7. The molecule has 1 aliphatic carbocycles. The molecule has 0 saturated heterocycles. The molecule has 2 aromatic heterocycles. The molecular formula is C52H66N12O11S. The zero-order valence-electron chi connectivity index (χ0n) is 43.1. The number of aromatic nitrogens is 3. The summed E-state index contributed by atoms with van der Waals surface area (Å²) in [6.07, 6.45) is 11.0. The van der Waals surface area contributed by atoms with Gasteiger partial charge in [-0.3, -0.25) is 33.7 Å². The maximum Gasteiger partial charge on any atom is 0.409 e. The number of rotatable bonds is 28. The van der Waals surface area contributed by atoms with Crippen LogP contribution in [0, 0.1) is 5.92 Å². The Balaban J connectivity index is 0.894. The molecule has 7 N–H and O–H groups in total. The summed E-state index contributed by atoms with van der Waals surface area (Å²) in [7, 11) is 3.09. The first-order valence-electron chi connectivity index (χ1n) is 25.1. The highest BCUT2D eigenvalue weighted by Crippen LogP contribution is 2.43. The number of anilines is 2. The van der Waals surface area contributed by atoms with Crippen molar-refractivity contribution in [3.63, 3.8) is 0 Å². The van der Waals surface area contributed by atoms with E-state index in [1.54, 1.807) is 62.2 Å². The predicted molar refractivity (Wildman–Crippen MR) is 281 cm³/mol. The van der Waals surface area contributed by atoms with E-state index in [1.165, 1.54) is 58.1 Å². The van der Waals surface area contributed by atoms with Crippen LogP contribution in [-0.2, 0) is 57.9 Å². The van der Waals surface area contributed by atoms with Gasteiger partial charge in [0, 0.05) is 81.8 Å². The van der Waals surface area contributed by atoms with Gasteiger partial charge in [-0.25, -0.2) is 24.0 Å². The SMILES string of the molecule is CC(C)[C@H](NC(=O)CCCCCN1C(=O)C=CC1=O)C(=O)N[C@@H](CCCNC(N)=O)C(=O)Nc1ccc(COC(=O)N(C)CCN(C)C(=O)OCc2cccc(-n3cc(CC(=O)Nc4ncc(C5CC5)s4)cn3)c2)cc1. The molecule has 2 atom stereocenters. The molecule has 1 saturated carbocycles. The number of thiazole rings is 1. The fraction of sp³-hybridized carbons (Fsp3) is 0.442. The van der Waals surface area contributed by atoms with Crippen LogP contribution in [0.1, 0.15) is 92.7 Å². The number of amides is 10. The first kappa shape index (κ1) is 57.1. The van der Waals surface area contributed by atoms with Crippen LogP contribution >= 0.6 is 11.3 Å². The highest BCUT2D eigenvalue weighted by atomic mass is 32.1. The fourth-order valence-electron chi connectivity index (χ4n) is 7.75. The minimum atomic E-state index is -1.06. The van der Waals surface area contributed by atoms with Crippen LogP contribution < -0.4 is 32.3 Å². The fourth-order valence-corrected chi connectivity index (χ4v) is 8.75. The Morgan fingerprint density at radius 2 is 1.47 bits per heavy atom. The van der Waals surface area contributed by atoms with E-state index in [0.717, 1.165) is 16.2 Å². The number of nitrogens with two attached hydrogens (primary N) is 1. The molecule has 1 aliphatic heterocycles. The minimum absolute atomic E-state index is 0.0169. The van der Waals surface area contributed by atoms with Gasteiger partial charge in [-0.1, -0.05) is 44.5 Å². The smallest absolute Gasteiger partial charge is 0.409 e. The molecule has 10 amide bonds. The van der Waals surface area contributed by atoms with Crippen molar-refractivity contribution < 1.29 is 52.6 Å². The number of carbonyl (C=O) groups is 9. The lowest BCUT2D eigenvalue weighted by Crippen LogP contribution is -2.54. The Morgan fingerprint density at radius 3 is 2.13 bits per heavy atom. The summed E-state index contributed by atoms with van der Waals surface area (Å²) >= 11 is 1.51. The van der Waals surface area contributed by atoms with Crippen LogP contribution in [0.5, 0.6) is 0 Å². The van der Waals surface area contributed by atoms with Crippen molar-refractivity contribution >= 4 is 75.8 Å². The molecule has 0 radical (unpaired) electrons. The lowest BCUT2D eigenvalue weighted by Gasteiger charge is -2.25. The highest BCUT2D eigenvalue weighted by molar-refractivity contribution is 7.15. The number of ether oxygens (including phenoxy) is 2. The Kier molecular flexibility index (Phi) is 21.0. The van der Waals surface area contributed by atoms with E-state index in [0.29, 0.717) is 47.1 Å². The van der Waals surface area contributed by atoms with Crippen molar-refractivity contribution in [1.82, 2.24) is 45.4 Å². The molecule has 0 spiro atoms. The van der Waals surface area contributed by atoms with E-state index in [4.69, 9.17) is 15.2 Å². The molecule has 6 rings (SSSR count). The molecule has 0 bridgehead atoms. The van der Waals surface area contributed by atoms with Gasteiger partial charge in [0.1, 0.15) is 25.3 Å². The molecule has 2 aliphatic rings. The van der Waals surface area contributed by atoms with Gasteiger partial charge >= 0.3 is 18.2 Å². The second-order valence-electron chi connectivity index (χ2n) is 18.9. The molecule has 1 fully saturated rings.